The first-order chi connectivity index (χ1) is 12.9. The maximum Gasteiger partial charge on any atom is 0.321 e. The Hall–Kier alpha value is -2.89. The van der Waals surface area contributed by atoms with Gasteiger partial charge >= 0.3 is 6.03 Å². The molecule has 1 atom stereocenters. The first kappa shape index (κ1) is 17.5. The Labute approximate surface area is 157 Å². The van der Waals surface area contributed by atoms with Crippen LogP contribution in [0.4, 0.5) is 20.6 Å². The van der Waals surface area contributed by atoms with E-state index >= 15 is 0 Å². The molecular weight excluding hydrogens is 345 g/mol. The van der Waals surface area contributed by atoms with Crippen LogP contribution in [0.15, 0.2) is 48.5 Å². The highest BCUT2D eigenvalue weighted by molar-refractivity contribution is 5.97. The molecule has 1 unspecified atom stereocenters. The molecule has 4 rings (SSSR count). The second-order valence-corrected chi connectivity index (χ2v) is 7.60. The van der Waals surface area contributed by atoms with Crippen molar-refractivity contribution in [2.24, 2.45) is 5.41 Å². The fourth-order valence-electron chi connectivity index (χ4n) is 4.04. The number of aryl methyl sites for hydroxylation is 1. The molecule has 0 aliphatic carbocycles. The van der Waals surface area contributed by atoms with Gasteiger partial charge in [0.15, 0.2) is 0 Å². The summed E-state index contributed by atoms with van der Waals surface area (Å²) in [6.45, 7) is 3.81. The van der Waals surface area contributed by atoms with Gasteiger partial charge in [0.25, 0.3) is 0 Å². The molecule has 6 heteroatoms. The summed E-state index contributed by atoms with van der Waals surface area (Å²) in [6, 6.07) is 13.4. The van der Waals surface area contributed by atoms with Gasteiger partial charge in [-0.15, -0.1) is 0 Å². The molecule has 27 heavy (non-hydrogen) atoms. The van der Waals surface area contributed by atoms with Crippen LogP contribution in [0.25, 0.3) is 0 Å². The minimum Gasteiger partial charge on any atom is -0.324 e. The lowest BCUT2D eigenvalue weighted by Crippen LogP contribution is -2.36. The monoisotopic (exact) mass is 367 g/mol. The van der Waals surface area contributed by atoms with Crippen LogP contribution in [0.2, 0.25) is 0 Å². The normalized spacial score (nSPS) is 21.9. The van der Waals surface area contributed by atoms with Gasteiger partial charge in [0.05, 0.1) is 0 Å². The van der Waals surface area contributed by atoms with E-state index in [-0.39, 0.29) is 23.2 Å². The maximum atomic E-state index is 13.0. The molecule has 0 radical (unpaired) electrons. The number of carbonyl (C=O) groups excluding carboxylic acids is 2. The van der Waals surface area contributed by atoms with Crippen molar-refractivity contribution in [1.82, 2.24) is 4.90 Å². The summed E-state index contributed by atoms with van der Waals surface area (Å²) in [5.41, 5.74) is 2.41. The lowest BCUT2D eigenvalue weighted by molar-refractivity contribution is -0.117. The highest BCUT2D eigenvalue weighted by Gasteiger charge is 2.48. The molecule has 0 saturated carbocycles. The van der Waals surface area contributed by atoms with Crippen molar-refractivity contribution in [1.29, 1.82) is 0 Å². The van der Waals surface area contributed by atoms with E-state index in [9.17, 15) is 14.0 Å². The fourth-order valence-corrected chi connectivity index (χ4v) is 4.04. The molecule has 2 aliphatic rings. The Morgan fingerprint density at radius 3 is 2.67 bits per heavy atom. The Morgan fingerprint density at radius 1 is 1.15 bits per heavy atom. The number of rotatable bonds is 2. The maximum absolute atomic E-state index is 13.0. The van der Waals surface area contributed by atoms with Crippen molar-refractivity contribution in [3.05, 3.63) is 59.9 Å². The molecule has 2 saturated heterocycles. The third kappa shape index (κ3) is 3.52. The minimum atomic E-state index is -0.339. The van der Waals surface area contributed by atoms with Crippen molar-refractivity contribution in [2.75, 3.05) is 29.9 Å². The highest BCUT2D eigenvalue weighted by Crippen LogP contribution is 2.42. The Kier molecular flexibility index (Phi) is 4.34. The molecule has 0 bridgehead atoms. The van der Waals surface area contributed by atoms with Gasteiger partial charge in [-0.05, 0) is 55.3 Å². The van der Waals surface area contributed by atoms with Crippen LogP contribution in [-0.2, 0) is 4.79 Å². The summed E-state index contributed by atoms with van der Waals surface area (Å²) < 4.78 is 13.0. The fraction of sp³-hybridized carbons (Fsp3) is 0.333. The third-order valence-corrected chi connectivity index (χ3v) is 5.46. The van der Waals surface area contributed by atoms with E-state index in [1.165, 1.54) is 24.3 Å². The first-order valence-electron chi connectivity index (χ1n) is 9.13. The summed E-state index contributed by atoms with van der Waals surface area (Å²) >= 11 is 0. The standard InChI is InChI=1S/C21H22FN3O2/c1-15-3-2-4-18(11-15)25-14-21(12-19(25)26)9-10-24(13-21)20(27)23-17-7-5-16(22)6-8-17/h2-8,11H,9-10,12-14H2,1H3,(H,23,27). The Bertz CT molecular complexity index is 883. The number of nitrogens with zero attached hydrogens (tertiary/aromatic N) is 2. The van der Waals surface area contributed by atoms with Crippen LogP contribution in [0.1, 0.15) is 18.4 Å². The number of halogens is 1. The van der Waals surface area contributed by atoms with Crippen molar-refractivity contribution in [3.63, 3.8) is 0 Å². The Balaban J connectivity index is 1.43. The lowest BCUT2D eigenvalue weighted by Gasteiger charge is -2.24. The van der Waals surface area contributed by atoms with Gasteiger partial charge in [-0.3, -0.25) is 4.79 Å². The zero-order chi connectivity index (χ0) is 19.0. The number of nitrogens with one attached hydrogen (secondary N) is 1. The van der Waals surface area contributed by atoms with E-state index in [1.54, 1.807) is 4.90 Å². The molecule has 2 fully saturated rings. The largest absolute Gasteiger partial charge is 0.324 e. The molecule has 0 aromatic heterocycles. The second-order valence-electron chi connectivity index (χ2n) is 7.60. The van der Waals surface area contributed by atoms with Gasteiger partial charge in [0.1, 0.15) is 5.82 Å². The van der Waals surface area contributed by atoms with Gasteiger partial charge in [0, 0.05) is 42.8 Å². The van der Waals surface area contributed by atoms with Gasteiger partial charge in [-0.25, -0.2) is 9.18 Å². The van der Waals surface area contributed by atoms with Crippen molar-refractivity contribution in [3.8, 4) is 0 Å². The smallest absolute Gasteiger partial charge is 0.321 e. The topological polar surface area (TPSA) is 52.6 Å². The third-order valence-electron chi connectivity index (χ3n) is 5.46. The van der Waals surface area contributed by atoms with Crippen molar-refractivity contribution >= 4 is 23.3 Å². The number of hydrogen-bond acceptors (Lipinski definition) is 2. The van der Waals surface area contributed by atoms with Gasteiger partial charge < -0.3 is 15.1 Å². The number of carbonyl (C=O) groups is 2. The van der Waals surface area contributed by atoms with E-state index in [2.05, 4.69) is 5.32 Å². The van der Waals surface area contributed by atoms with E-state index in [1.807, 2.05) is 36.1 Å². The van der Waals surface area contributed by atoms with Crippen LogP contribution < -0.4 is 10.2 Å². The number of amides is 3. The van der Waals surface area contributed by atoms with Gasteiger partial charge in [-0.2, -0.15) is 0 Å². The predicted molar refractivity (Wildman–Crippen MR) is 102 cm³/mol. The van der Waals surface area contributed by atoms with Crippen LogP contribution in [-0.4, -0.2) is 36.5 Å². The van der Waals surface area contributed by atoms with Crippen molar-refractivity contribution < 1.29 is 14.0 Å². The average molecular weight is 367 g/mol. The summed E-state index contributed by atoms with van der Waals surface area (Å²) in [5.74, 6) is -0.227. The predicted octanol–water partition coefficient (Wildman–Crippen LogP) is 3.80. The van der Waals surface area contributed by atoms with Crippen molar-refractivity contribution in [2.45, 2.75) is 19.8 Å². The Morgan fingerprint density at radius 2 is 1.93 bits per heavy atom. The van der Waals surface area contributed by atoms with E-state index in [4.69, 9.17) is 0 Å². The van der Waals surface area contributed by atoms with Crippen LogP contribution >= 0.6 is 0 Å². The molecule has 2 heterocycles. The average Bonchev–Trinajstić information content (AvgIpc) is 3.20. The summed E-state index contributed by atoms with van der Waals surface area (Å²) in [6.07, 6.45) is 1.26. The number of urea groups is 1. The highest BCUT2D eigenvalue weighted by atomic mass is 19.1. The molecule has 1 N–H and O–H groups in total. The molecule has 2 aliphatic heterocycles. The zero-order valence-electron chi connectivity index (χ0n) is 15.2. The van der Waals surface area contributed by atoms with Crippen LogP contribution in [0, 0.1) is 18.2 Å². The number of benzene rings is 2. The number of likely N-dealkylation sites (tertiary alicyclic amines) is 1. The summed E-state index contributed by atoms with van der Waals surface area (Å²) in [7, 11) is 0. The number of anilines is 2. The quantitative estimate of drug-likeness (QED) is 0.878. The summed E-state index contributed by atoms with van der Waals surface area (Å²) in [4.78, 5) is 28.7. The van der Waals surface area contributed by atoms with Crippen LogP contribution in [0.3, 0.4) is 0 Å². The van der Waals surface area contributed by atoms with Crippen LogP contribution in [0.5, 0.6) is 0 Å². The second kappa shape index (κ2) is 6.68. The SMILES string of the molecule is Cc1cccc(N2CC3(CCN(C(=O)Nc4ccc(F)cc4)C3)CC2=O)c1. The lowest BCUT2D eigenvalue weighted by atomic mass is 9.86. The summed E-state index contributed by atoms with van der Waals surface area (Å²) in [5, 5.41) is 2.80. The molecule has 3 amide bonds. The first-order valence-corrected chi connectivity index (χ1v) is 9.13. The molecule has 2 aromatic rings. The number of hydrogen-bond donors (Lipinski definition) is 1. The van der Waals surface area contributed by atoms with E-state index in [0.717, 1.165) is 17.7 Å². The molecule has 2 aromatic carbocycles. The molecule has 5 nitrogen and oxygen atoms in total. The molecule has 1 spiro atoms. The van der Waals surface area contributed by atoms with Gasteiger partial charge in [-0.1, -0.05) is 12.1 Å². The molecular formula is C21H22FN3O2. The minimum absolute atomic E-state index is 0.112. The molecule has 140 valence electrons. The van der Waals surface area contributed by atoms with Gasteiger partial charge in [0.2, 0.25) is 5.91 Å². The zero-order valence-corrected chi connectivity index (χ0v) is 15.2. The van der Waals surface area contributed by atoms with E-state index in [0.29, 0.717) is 31.7 Å². The van der Waals surface area contributed by atoms with E-state index < -0.39 is 0 Å².